The van der Waals surface area contributed by atoms with Crippen molar-refractivity contribution in [2.75, 3.05) is 23.5 Å². The van der Waals surface area contributed by atoms with Crippen LogP contribution in [0.2, 0.25) is 10.0 Å². The minimum absolute atomic E-state index is 0.161. The van der Waals surface area contributed by atoms with Gasteiger partial charge in [-0.3, -0.25) is 0 Å². The van der Waals surface area contributed by atoms with Gasteiger partial charge in [-0.2, -0.15) is 0 Å². The first-order valence-corrected chi connectivity index (χ1v) is 7.13. The number of aliphatic hydroxyl groups excluding tert-OH is 1. The van der Waals surface area contributed by atoms with Crippen molar-refractivity contribution in [3.8, 4) is 0 Å². The first-order chi connectivity index (χ1) is 9.17. The second kappa shape index (κ2) is 6.61. The Hall–Kier alpha value is -0.750. The Balaban J connectivity index is 2.32. The van der Waals surface area contributed by atoms with Crippen molar-refractivity contribution in [1.82, 2.24) is 4.98 Å². The molecule has 106 valence electrons. The molecule has 1 aromatic rings. The summed E-state index contributed by atoms with van der Waals surface area (Å²) in [4.78, 5) is 6.53. The number of pyridine rings is 1. The minimum Gasteiger partial charge on any atom is -0.396 e. The second-order valence-corrected chi connectivity index (χ2v) is 5.44. The molecule has 19 heavy (non-hydrogen) atoms. The van der Waals surface area contributed by atoms with Crippen molar-refractivity contribution in [2.45, 2.75) is 31.7 Å². The summed E-state index contributed by atoms with van der Waals surface area (Å²) in [5.74, 6) is 6.48. The normalized spacial score (nSPS) is 19.6. The Morgan fingerprint density at radius 2 is 2.21 bits per heavy atom. The number of nitrogen functional groups attached to an aromatic ring is 1. The van der Waals surface area contributed by atoms with Gasteiger partial charge in [0.1, 0.15) is 5.82 Å². The van der Waals surface area contributed by atoms with Crippen molar-refractivity contribution in [1.29, 1.82) is 0 Å². The van der Waals surface area contributed by atoms with Crippen molar-refractivity contribution in [2.24, 2.45) is 5.84 Å². The van der Waals surface area contributed by atoms with Crippen LogP contribution in [0.4, 0.5) is 11.6 Å². The van der Waals surface area contributed by atoms with Gasteiger partial charge < -0.3 is 15.4 Å². The molecule has 0 saturated carbocycles. The van der Waals surface area contributed by atoms with Gasteiger partial charge in [-0.05, 0) is 31.7 Å². The summed E-state index contributed by atoms with van der Waals surface area (Å²) in [5, 5.41) is 10.1. The number of piperidine rings is 1. The number of nitrogens with zero attached hydrogens (tertiary/aromatic N) is 2. The van der Waals surface area contributed by atoms with E-state index in [-0.39, 0.29) is 12.6 Å². The van der Waals surface area contributed by atoms with Crippen LogP contribution < -0.4 is 16.2 Å². The van der Waals surface area contributed by atoms with Crippen LogP contribution in [-0.4, -0.2) is 29.3 Å². The monoisotopic (exact) mass is 304 g/mol. The van der Waals surface area contributed by atoms with Crippen molar-refractivity contribution in [3.05, 3.63) is 16.1 Å². The molecule has 5 nitrogen and oxygen atoms in total. The summed E-state index contributed by atoms with van der Waals surface area (Å²) >= 11 is 12.2. The lowest BCUT2D eigenvalue weighted by Gasteiger charge is -2.37. The Morgan fingerprint density at radius 1 is 1.42 bits per heavy atom. The van der Waals surface area contributed by atoms with Gasteiger partial charge in [0.15, 0.2) is 5.82 Å². The predicted octanol–water partition coefficient (Wildman–Crippen LogP) is 2.42. The number of aromatic nitrogens is 1. The maximum atomic E-state index is 9.16. The van der Waals surface area contributed by atoms with Gasteiger partial charge in [0.25, 0.3) is 0 Å². The second-order valence-electron chi connectivity index (χ2n) is 4.62. The van der Waals surface area contributed by atoms with Gasteiger partial charge in [0.2, 0.25) is 0 Å². The Morgan fingerprint density at radius 3 is 2.89 bits per heavy atom. The van der Waals surface area contributed by atoms with Crippen LogP contribution in [0.1, 0.15) is 25.7 Å². The van der Waals surface area contributed by atoms with E-state index in [1.165, 1.54) is 0 Å². The maximum absolute atomic E-state index is 9.16. The molecule has 0 amide bonds. The first-order valence-electron chi connectivity index (χ1n) is 6.37. The predicted molar refractivity (Wildman–Crippen MR) is 78.8 cm³/mol. The average Bonchev–Trinajstić information content (AvgIpc) is 2.40. The zero-order valence-corrected chi connectivity index (χ0v) is 12.1. The first kappa shape index (κ1) is 14.7. The number of aliphatic hydroxyl groups is 1. The van der Waals surface area contributed by atoms with Crippen LogP contribution >= 0.6 is 23.2 Å². The van der Waals surface area contributed by atoms with E-state index in [1.54, 1.807) is 6.07 Å². The quantitative estimate of drug-likeness (QED) is 0.588. The molecule has 0 aromatic carbocycles. The highest BCUT2D eigenvalue weighted by Gasteiger charge is 2.25. The molecular weight excluding hydrogens is 287 g/mol. The highest BCUT2D eigenvalue weighted by Crippen LogP contribution is 2.34. The fourth-order valence-corrected chi connectivity index (χ4v) is 3.01. The number of halogens is 2. The summed E-state index contributed by atoms with van der Waals surface area (Å²) in [5.41, 5.74) is 2.47. The maximum Gasteiger partial charge on any atom is 0.161 e. The number of hydrazine groups is 1. The molecule has 1 atom stereocenters. The zero-order valence-electron chi connectivity index (χ0n) is 10.6. The van der Waals surface area contributed by atoms with Crippen LogP contribution in [0, 0.1) is 0 Å². The molecular formula is C12H18Cl2N4O. The number of rotatable bonds is 4. The van der Waals surface area contributed by atoms with Gasteiger partial charge in [-0.1, -0.05) is 23.2 Å². The Kier molecular flexibility index (Phi) is 5.10. The van der Waals surface area contributed by atoms with Crippen molar-refractivity contribution in [3.63, 3.8) is 0 Å². The minimum atomic E-state index is 0.161. The number of anilines is 2. The molecule has 1 fully saturated rings. The standard InChI is InChI=1S/C12H18Cl2N4O/c13-9-7-10(14)12(16-11(9)17-15)18-5-2-1-3-8(18)4-6-19/h7-8,19H,1-6,15H2,(H,16,17). The summed E-state index contributed by atoms with van der Waals surface area (Å²) in [6.07, 6.45) is 4.00. The number of nitrogens with one attached hydrogen (secondary N) is 1. The number of hydrogen-bond acceptors (Lipinski definition) is 5. The largest absolute Gasteiger partial charge is 0.396 e. The fourth-order valence-electron chi connectivity index (χ4n) is 2.49. The van der Waals surface area contributed by atoms with Crippen molar-refractivity contribution < 1.29 is 5.11 Å². The average molecular weight is 305 g/mol. The van der Waals surface area contributed by atoms with E-state index in [0.717, 1.165) is 25.8 Å². The third-order valence-electron chi connectivity index (χ3n) is 3.41. The molecule has 2 heterocycles. The molecule has 0 spiro atoms. The topological polar surface area (TPSA) is 74.4 Å². The molecule has 1 saturated heterocycles. The third-order valence-corrected chi connectivity index (χ3v) is 3.98. The van der Waals surface area contributed by atoms with Crippen LogP contribution in [0.15, 0.2) is 6.07 Å². The molecule has 4 N–H and O–H groups in total. The smallest absolute Gasteiger partial charge is 0.161 e. The SMILES string of the molecule is NNc1nc(N2CCCCC2CCO)c(Cl)cc1Cl. The number of nitrogens with two attached hydrogens (primary N) is 1. The summed E-state index contributed by atoms with van der Waals surface area (Å²) in [7, 11) is 0. The van der Waals surface area contributed by atoms with Gasteiger partial charge >= 0.3 is 0 Å². The van der Waals surface area contributed by atoms with E-state index >= 15 is 0 Å². The molecule has 2 rings (SSSR count). The van der Waals surface area contributed by atoms with Gasteiger partial charge in [0, 0.05) is 19.2 Å². The highest BCUT2D eigenvalue weighted by atomic mass is 35.5. The molecule has 1 unspecified atom stereocenters. The Labute approximate surface area is 122 Å². The summed E-state index contributed by atoms with van der Waals surface area (Å²) < 4.78 is 0. The molecule has 0 radical (unpaired) electrons. The van der Waals surface area contributed by atoms with E-state index in [0.29, 0.717) is 28.1 Å². The van der Waals surface area contributed by atoms with E-state index in [9.17, 15) is 0 Å². The van der Waals surface area contributed by atoms with Gasteiger partial charge in [-0.15, -0.1) is 0 Å². The molecule has 0 bridgehead atoms. The van der Waals surface area contributed by atoms with Crippen LogP contribution in [-0.2, 0) is 0 Å². The van der Waals surface area contributed by atoms with E-state index < -0.39 is 0 Å². The van der Waals surface area contributed by atoms with E-state index in [1.807, 2.05) is 0 Å². The highest BCUT2D eigenvalue weighted by molar-refractivity contribution is 6.37. The van der Waals surface area contributed by atoms with E-state index in [4.69, 9.17) is 34.2 Å². The lowest BCUT2D eigenvalue weighted by Crippen LogP contribution is -2.41. The van der Waals surface area contributed by atoms with Crippen molar-refractivity contribution >= 4 is 34.8 Å². The molecule has 7 heteroatoms. The van der Waals surface area contributed by atoms with Crippen LogP contribution in [0.3, 0.4) is 0 Å². The fraction of sp³-hybridized carbons (Fsp3) is 0.583. The van der Waals surface area contributed by atoms with E-state index in [2.05, 4.69) is 15.3 Å². The number of hydrogen-bond donors (Lipinski definition) is 3. The lowest BCUT2D eigenvalue weighted by molar-refractivity contribution is 0.262. The summed E-state index contributed by atoms with van der Waals surface area (Å²) in [6, 6.07) is 1.90. The molecule has 1 aromatic heterocycles. The van der Waals surface area contributed by atoms with Crippen LogP contribution in [0.5, 0.6) is 0 Å². The Bertz CT molecular complexity index is 442. The lowest BCUT2D eigenvalue weighted by atomic mass is 9.99. The molecule has 1 aliphatic rings. The molecule has 1 aliphatic heterocycles. The molecule has 0 aliphatic carbocycles. The zero-order chi connectivity index (χ0) is 13.8. The van der Waals surface area contributed by atoms with Gasteiger partial charge in [0.05, 0.1) is 10.0 Å². The van der Waals surface area contributed by atoms with Crippen LogP contribution in [0.25, 0.3) is 0 Å². The summed E-state index contributed by atoms with van der Waals surface area (Å²) in [6.45, 7) is 1.04. The van der Waals surface area contributed by atoms with Gasteiger partial charge in [-0.25, -0.2) is 10.8 Å². The third kappa shape index (κ3) is 3.23.